The number of aliphatic hydroxyl groups is 3. The van der Waals surface area contributed by atoms with E-state index in [9.17, 15) is 24.9 Å². The molecule has 0 aromatic rings. The Balaban J connectivity index is 5.27. The molecule has 0 fully saturated rings. The molecule has 1 atom stereocenters. The standard InChI is InChI=1S/C13H20O7/c1-8(2)11(17)19-10(5-14)13(6-15,7-16)20-12(18)9(3)4/h10,14-16H,1,3,5-7H2,2,4H3. The van der Waals surface area contributed by atoms with Gasteiger partial charge in [0, 0.05) is 11.1 Å². The number of carbonyl (C=O) groups excluding carboxylic acids is 2. The van der Waals surface area contributed by atoms with Gasteiger partial charge in [-0.25, -0.2) is 9.59 Å². The molecule has 0 aromatic heterocycles. The van der Waals surface area contributed by atoms with Crippen LogP contribution < -0.4 is 0 Å². The van der Waals surface area contributed by atoms with Crippen LogP contribution in [-0.4, -0.2) is 58.8 Å². The van der Waals surface area contributed by atoms with Crippen molar-refractivity contribution in [3.63, 3.8) is 0 Å². The van der Waals surface area contributed by atoms with Crippen molar-refractivity contribution >= 4 is 11.9 Å². The number of aliphatic hydroxyl groups excluding tert-OH is 3. The van der Waals surface area contributed by atoms with Crippen molar-refractivity contribution in [3.8, 4) is 0 Å². The molecule has 20 heavy (non-hydrogen) atoms. The molecule has 0 amide bonds. The monoisotopic (exact) mass is 288 g/mol. The van der Waals surface area contributed by atoms with Crippen LogP contribution in [0.4, 0.5) is 0 Å². The maximum atomic E-state index is 11.5. The zero-order chi connectivity index (χ0) is 15.9. The second-order valence-corrected chi connectivity index (χ2v) is 4.41. The fourth-order valence-corrected chi connectivity index (χ4v) is 1.20. The normalized spacial score (nSPS) is 12.4. The average molecular weight is 288 g/mol. The van der Waals surface area contributed by atoms with Crippen LogP contribution in [0.2, 0.25) is 0 Å². The van der Waals surface area contributed by atoms with Crippen molar-refractivity contribution < 1.29 is 34.4 Å². The highest BCUT2D eigenvalue weighted by Gasteiger charge is 2.44. The number of hydrogen-bond donors (Lipinski definition) is 3. The van der Waals surface area contributed by atoms with E-state index in [4.69, 9.17) is 9.47 Å². The average Bonchev–Trinajstić information content (AvgIpc) is 2.41. The highest BCUT2D eigenvalue weighted by Crippen LogP contribution is 2.21. The summed E-state index contributed by atoms with van der Waals surface area (Å²) in [4.78, 5) is 23.0. The van der Waals surface area contributed by atoms with Gasteiger partial charge in [-0.3, -0.25) is 0 Å². The molecule has 0 aliphatic heterocycles. The fraction of sp³-hybridized carbons (Fsp3) is 0.538. The summed E-state index contributed by atoms with van der Waals surface area (Å²) in [6.07, 6.45) is -1.44. The number of carbonyl (C=O) groups is 2. The topological polar surface area (TPSA) is 113 Å². The first-order valence-corrected chi connectivity index (χ1v) is 5.82. The summed E-state index contributed by atoms with van der Waals surface area (Å²) < 4.78 is 9.80. The van der Waals surface area contributed by atoms with E-state index in [1.54, 1.807) is 0 Å². The van der Waals surface area contributed by atoms with E-state index in [0.717, 1.165) is 0 Å². The molecule has 7 heteroatoms. The van der Waals surface area contributed by atoms with Crippen LogP contribution in [0.5, 0.6) is 0 Å². The molecule has 114 valence electrons. The van der Waals surface area contributed by atoms with Crippen molar-refractivity contribution in [3.05, 3.63) is 24.3 Å². The molecule has 1 unspecified atom stereocenters. The van der Waals surface area contributed by atoms with Gasteiger partial charge in [-0.2, -0.15) is 0 Å². The van der Waals surface area contributed by atoms with Crippen molar-refractivity contribution in [2.24, 2.45) is 0 Å². The quantitative estimate of drug-likeness (QED) is 0.400. The van der Waals surface area contributed by atoms with Gasteiger partial charge in [0.15, 0.2) is 11.7 Å². The summed E-state index contributed by atoms with van der Waals surface area (Å²) in [5.74, 6) is -1.74. The van der Waals surface area contributed by atoms with Crippen molar-refractivity contribution in [2.75, 3.05) is 19.8 Å². The third kappa shape index (κ3) is 4.44. The minimum Gasteiger partial charge on any atom is -0.452 e. The second kappa shape index (κ2) is 7.78. The zero-order valence-corrected chi connectivity index (χ0v) is 11.6. The van der Waals surface area contributed by atoms with Crippen LogP contribution in [0, 0.1) is 0 Å². The predicted molar refractivity (Wildman–Crippen MR) is 69.6 cm³/mol. The van der Waals surface area contributed by atoms with Gasteiger partial charge >= 0.3 is 11.9 Å². The predicted octanol–water partition coefficient (Wildman–Crippen LogP) is -0.691. The molecule has 3 N–H and O–H groups in total. The molecule has 0 aromatic carbocycles. The molecule has 0 saturated heterocycles. The molecule has 0 heterocycles. The Kier molecular flexibility index (Phi) is 7.12. The van der Waals surface area contributed by atoms with Crippen molar-refractivity contribution in [1.29, 1.82) is 0 Å². The van der Waals surface area contributed by atoms with E-state index in [-0.39, 0.29) is 11.1 Å². The van der Waals surface area contributed by atoms with Gasteiger partial charge in [-0.1, -0.05) is 13.2 Å². The number of hydrogen-bond acceptors (Lipinski definition) is 7. The first-order chi connectivity index (χ1) is 9.23. The fourth-order valence-electron chi connectivity index (χ4n) is 1.20. The highest BCUT2D eigenvalue weighted by molar-refractivity contribution is 5.88. The van der Waals surface area contributed by atoms with E-state index in [1.807, 2.05) is 0 Å². The summed E-state index contributed by atoms with van der Waals surface area (Å²) in [6.45, 7) is 7.02. The second-order valence-electron chi connectivity index (χ2n) is 4.41. The Morgan fingerprint density at radius 3 is 1.80 bits per heavy atom. The van der Waals surface area contributed by atoms with Gasteiger partial charge in [0.25, 0.3) is 0 Å². The lowest BCUT2D eigenvalue weighted by Gasteiger charge is -2.35. The molecule has 0 aliphatic rings. The molecule has 0 bridgehead atoms. The Hall–Kier alpha value is -1.70. The molecule has 0 rings (SSSR count). The van der Waals surface area contributed by atoms with Crippen LogP contribution in [0.3, 0.4) is 0 Å². The number of esters is 2. The summed E-state index contributed by atoms with van der Waals surface area (Å²) in [6, 6.07) is 0. The molecule has 0 radical (unpaired) electrons. The summed E-state index contributed by atoms with van der Waals surface area (Å²) in [7, 11) is 0. The molecular weight excluding hydrogens is 268 g/mol. The van der Waals surface area contributed by atoms with Crippen molar-refractivity contribution in [1.82, 2.24) is 0 Å². The van der Waals surface area contributed by atoms with Gasteiger partial charge in [-0.05, 0) is 13.8 Å². The Morgan fingerprint density at radius 1 is 1.05 bits per heavy atom. The number of rotatable bonds is 8. The maximum Gasteiger partial charge on any atom is 0.333 e. The van der Waals surface area contributed by atoms with Crippen LogP contribution in [0.25, 0.3) is 0 Å². The third-order valence-corrected chi connectivity index (χ3v) is 2.53. The van der Waals surface area contributed by atoms with Crippen LogP contribution in [-0.2, 0) is 19.1 Å². The lowest BCUT2D eigenvalue weighted by molar-refractivity contribution is -0.202. The SMILES string of the molecule is C=C(C)C(=O)OC(CO)C(CO)(CO)OC(=O)C(=C)C. The minimum atomic E-state index is -1.96. The van der Waals surface area contributed by atoms with Crippen LogP contribution in [0.1, 0.15) is 13.8 Å². The van der Waals surface area contributed by atoms with E-state index < -0.39 is 43.5 Å². The Morgan fingerprint density at radius 2 is 1.50 bits per heavy atom. The molecule has 7 nitrogen and oxygen atoms in total. The smallest absolute Gasteiger partial charge is 0.333 e. The molecular formula is C13H20O7. The van der Waals surface area contributed by atoms with Crippen molar-refractivity contribution in [2.45, 2.75) is 25.6 Å². The van der Waals surface area contributed by atoms with E-state index in [2.05, 4.69) is 13.2 Å². The molecule has 0 spiro atoms. The highest BCUT2D eigenvalue weighted by atomic mass is 16.6. The maximum absolute atomic E-state index is 11.5. The Bertz CT molecular complexity index is 396. The molecule has 0 aliphatic carbocycles. The molecule has 0 saturated carbocycles. The minimum absolute atomic E-state index is 0.0270. The summed E-state index contributed by atoms with van der Waals surface area (Å²) in [5.41, 5.74) is -1.88. The van der Waals surface area contributed by atoms with Crippen LogP contribution >= 0.6 is 0 Å². The lowest BCUT2D eigenvalue weighted by Crippen LogP contribution is -2.56. The van der Waals surface area contributed by atoms with E-state index in [1.165, 1.54) is 13.8 Å². The van der Waals surface area contributed by atoms with E-state index in [0.29, 0.717) is 0 Å². The first kappa shape index (κ1) is 18.3. The van der Waals surface area contributed by atoms with Gasteiger partial charge in [0.1, 0.15) is 0 Å². The van der Waals surface area contributed by atoms with Gasteiger partial charge in [0.05, 0.1) is 19.8 Å². The van der Waals surface area contributed by atoms with Gasteiger partial charge in [-0.15, -0.1) is 0 Å². The number of ether oxygens (including phenoxy) is 2. The third-order valence-electron chi connectivity index (χ3n) is 2.53. The Labute approximate surface area is 117 Å². The first-order valence-electron chi connectivity index (χ1n) is 5.82. The largest absolute Gasteiger partial charge is 0.452 e. The van der Waals surface area contributed by atoms with Gasteiger partial charge < -0.3 is 24.8 Å². The van der Waals surface area contributed by atoms with Gasteiger partial charge in [0.2, 0.25) is 0 Å². The summed E-state index contributed by atoms with van der Waals surface area (Å²) >= 11 is 0. The van der Waals surface area contributed by atoms with Crippen LogP contribution in [0.15, 0.2) is 24.3 Å². The van der Waals surface area contributed by atoms with E-state index >= 15 is 0 Å². The zero-order valence-electron chi connectivity index (χ0n) is 11.6. The summed E-state index contributed by atoms with van der Waals surface area (Å²) in [5, 5.41) is 28.0. The lowest BCUT2D eigenvalue weighted by atomic mass is 9.98.